The molecule has 1 fully saturated rings. The van der Waals surface area contributed by atoms with Crippen LogP contribution in [-0.4, -0.2) is 17.1 Å². The number of alkyl halides is 3. The maximum absolute atomic E-state index is 13.3. The summed E-state index contributed by atoms with van der Waals surface area (Å²) in [6, 6.07) is 2.36. The predicted molar refractivity (Wildman–Crippen MR) is 81.8 cm³/mol. The van der Waals surface area contributed by atoms with Crippen LogP contribution in [0.2, 0.25) is 0 Å². The molecule has 3 nitrogen and oxygen atoms in total. The number of hydrogen-bond acceptors (Lipinski definition) is 2. The Hall–Kier alpha value is -1.63. The van der Waals surface area contributed by atoms with Crippen LogP contribution in [0.3, 0.4) is 0 Å². The number of aliphatic hydroxyl groups excluding tert-OH is 1. The molecule has 0 bridgehead atoms. The van der Waals surface area contributed by atoms with Gasteiger partial charge in [0.15, 0.2) is 0 Å². The van der Waals surface area contributed by atoms with Gasteiger partial charge >= 0.3 is 6.18 Å². The molecule has 0 aliphatic heterocycles. The Morgan fingerprint density at radius 1 is 1.25 bits per heavy atom. The van der Waals surface area contributed by atoms with Gasteiger partial charge in [-0.2, -0.15) is 13.2 Å². The van der Waals surface area contributed by atoms with E-state index in [9.17, 15) is 27.5 Å². The number of carbonyl (C=O) groups is 1. The summed E-state index contributed by atoms with van der Waals surface area (Å²) in [5.74, 6) is -1.87. The van der Waals surface area contributed by atoms with Crippen molar-refractivity contribution in [2.45, 2.75) is 52.3 Å². The number of rotatable bonds is 2. The molecule has 1 aliphatic carbocycles. The number of carbonyl (C=O) groups excluding carboxylic acids is 1. The Bertz CT molecular complexity index is 642. The number of halogens is 4. The van der Waals surface area contributed by atoms with E-state index in [1.807, 2.05) is 13.8 Å². The highest BCUT2D eigenvalue weighted by atomic mass is 19.4. The van der Waals surface area contributed by atoms with Gasteiger partial charge in [0.25, 0.3) is 0 Å². The van der Waals surface area contributed by atoms with Crippen molar-refractivity contribution in [2.75, 3.05) is 5.32 Å². The molecule has 0 radical (unpaired) electrons. The molecule has 0 aromatic heterocycles. The van der Waals surface area contributed by atoms with Crippen molar-refractivity contribution < 1.29 is 27.5 Å². The van der Waals surface area contributed by atoms with E-state index in [0.717, 1.165) is 6.07 Å². The number of amides is 1. The monoisotopic (exact) mass is 347 g/mol. The lowest BCUT2D eigenvalue weighted by Gasteiger charge is -2.44. The lowest BCUT2D eigenvalue weighted by Crippen LogP contribution is -2.45. The van der Waals surface area contributed by atoms with Crippen molar-refractivity contribution in [3.63, 3.8) is 0 Å². The lowest BCUT2D eigenvalue weighted by molar-refractivity contribution is -0.140. The van der Waals surface area contributed by atoms with Gasteiger partial charge in [0.05, 0.1) is 11.7 Å². The molecular weight excluding hydrogens is 326 g/mol. The van der Waals surface area contributed by atoms with Crippen LogP contribution in [0.5, 0.6) is 0 Å². The highest BCUT2D eigenvalue weighted by Crippen LogP contribution is 2.46. The van der Waals surface area contributed by atoms with Crippen molar-refractivity contribution in [3.8, 4) is 0 Å². The maximum Gasteiger partial charge on any atom is 0.419 e. The zero-order valence-corrected chi connectivity index (χ0v) is 13.8. The third-order valence-corrected chi connectivity index (χ3v) is 4.42. The molecule has 2 rings (SSSR count). The van der Waals surface area contributed by atoms with Crippen LogP contribution in [0, 0.1) is 16.6 Å². The van der Waals surface area contributed by atoms with Crippen molar-refractivity contribution in [1.29, 1.82) is 0 Å². The van der Waals surface area contributed by atoms with E-state index in [2.05, 4.69) is 5.32 Å². The van der Waals surface area contributed by atoms with Crippen LogP contribution in [0.25, 0.3) is 0 Å². The minimum atomic E-state index is -4.84. The van der Waals surface area contributed by atoms with Gasteiger partial charge < -0.3 is 10.4 Å². The molecule has 1 saturated carbocycles. The second-order valence-corrected chi connectivity index (χ2v) is 7.61. The van der Waals surface area contributed by atoms with Gasteiger partial charge in [0.2, 0.25) is 5.91 Å². The van der Waals surface area contributed by atoms with E-state index in [0.29, 0.717) is 25.0 Å². The lowest BCUT2D eigenvalue weighted by atomic mass is 9.63. The first-order valence-corrected chi connectivity index (χ1v) is 7.69. The van der Waals surface area contributed by atoms with Crippen molar-refractivity contribution in [2.24, 2.45) is 10.8 Å². The summed E-state index contributed by atoms with van der Waals surface area (Å²) in [7, 11) is 0. The summed E-state index contributed by atoms with van der Waals surface area (Å²) >= 11 is 0. The molecule has 2 N–H and O–H groups in total. The van der Waals surface area contributed by atoms with Gasteiger partial charge in [-0.1, -0.05) is 20.8 Å². The van der Waals surface area contributed by atoms with E-state index in [1.54, 1.807) is 6.92 Å². The summed E-state index contributed by atoms with van der Waals surface area (Å²) in [6.07, 6.45) is -4.20. The second kappa shape index (κ2) is 6.02. The van der Waals surface area contributed by atoms with E-state index in [1.165, 1.54) is 0 Å². The van der Waals surface area contributed by atoms with E-state index >= 15 is 0 Å². The molecule has 1 aromatic rings. The van der Waals surface area contributed by atoms with Crippen LogP contribution in [-0.2, 0) is 11.0 Å². The minimum absolute atomic E-state index is 0.118. The first kappa shape index (κ1) is 18.7. The topological polar surface area (TPSA) is 49.3 Å². The van der Waals surface area contributed by atoms with Gasteiger partial charge in [-0.25, -0.2) is 4.39 Å². The maximum atomic E-state index is 13.3. The molecule has 7 heteroatoms. The summed E-state index contributed by atoms with van der Waals surface area (Å²) in [4.78, 5) is 12.6. The Morgan fingerprint density at radius 2 is 1.88 bits per heavy atom. The van der Waals surface area contributed by atoms with Gasteiger partial charge in [-0.15, -0.1) is 0 Å². The second-order valence-electron chi connectivity index (χ2n) is 7.61. The largest absolute Gasteiger partial charge is 0.419 e. The molecule has 0 spiro atoms. The fourth-order valence-electron chi connectivity index (χ4n) is 3.71. The molecule has 2 unspecified atom stereocenters. The number of aliphatic hydroxyl groups is 1. The molecule has 0 saturated heterocycles. The molecule has 1 amide bonds. The van der Waals surface area contributed by atoms with E-state index in [4.69, 9.17) is 0 Å². The molecule has 0 heterocycles. The average Bonchev–Trinajstić information content (AvgIpc) is 2.36. The molecular formula is C17H21F4NO2. The van der Waals surface area contributed by atoms with Gasteiger partial charge in [-0.3, -0.25) is 4.79 Å². The molecule has 134 valence electrons. The average molecular weight is 347 g/mol. The standard InChI is InChI=1S/C17H21F4NO2/c1-15(2)7-11(23)8-16(3,9-15)14(24)22-10-4-5-13(18)12(6-10)17(19,20)21/h4-6,11,23H,7-9H2,1-3H3,(H,22,24). The van der Waals surface area contributed by atoms with Crippen molar-refractivity contribution in [3.05, 3.63) is 29.6 Å². The van der Waals surface area contributed by atoms with Crippen molar-refractivity contribution in [1.82, 2.24) is 0 Å². The van der Waals surface area contributed by atoms with Crippen LogP contribution in [0.15, 0.2) is 18.2 Å². The van der Waals surface area contributed by atoms with Crippen LogP contribution in [0.1, 0.15) is 45.6 Å². The fraction of sp³-hybridized carbons (Fsp3) is 0.588. The Labute approximate surface area is 138 Å². The zero-order chi connectivity index (χ0) is 18.3. The summed E-state index contributed by atoms with van der Waals surface area (Å²) in [5.41, 5.74) is -2.71. The van der Waals surface area contributed by atoms with Gasteiger partial charge in [0, 0.05) is 11.1 Å². The molecule has 2 atom stereocenters. The van der Waals surface area contributed by atoms with E-state index < -0.39 is 35.0 Å². The fourth-order valence-corrected chi connectivity index (χ4v) is 3.71. The summed E-state index contributed by atoms with van der Waals surface area (Å²) in [5, 5.41) is 12.4. The highest BCUT2D eigenvalue weighted by molar-refractivity contribution is 5.95. The highest BCUT2D eigenvalue weighted by Gasteiger charge is 2.45. The number of anilines is 1. The first-order chi connectivity index (χ1) is 10.8. The first-order valence-electron chi connectivity index (χ1n) is 7.69. The third kappa shape index (κ3) is 4.06. The SMILES string of the molecule is CC1(C)CC(O)CC(C)(C(=O)Nc2ccc(F)c(C(F)(F)F)c2)C1. The smallest absolute Gasteiger partial charge is 0.393 e. The van der Waals surface area contributed by atoms with Crippen LogP contribution < -0.4 is 5.32 Å². The number of nitrogens with one attached hydrogen (secondary N) is 1. The quantitative estimate of drug-likeness (QED) is 0.781. The summed E-state index contributed by atoms with van der Waals surface area (Å²) in [6.45, 7) is 5.54. The predicted octanol–water partition coefficient (Wildman–Crippen LogP) is 4.36. The van der Waals surface area contributed by atoms with Crippen LogP contribution >= 0.6 is 0 Å². The molecule has 1 aliphatic rings. The number of hydrogen-bond donors (Lipinski definition) is 2. The Morgan fingerprint density at radius 3 is 2.42 bits per heavy atom. The van der Waals surface area contributed by atoms with Crippen molar-refractivity contribution >= 4 is 11.6 Å². The Balaban J connectivity index is 2.23. The minimum Gasteiger partial charge on any atom is -0.393 e. The zero-order valence-electron chi connectivity index (χ0n) is 13.8. The molecule has 1 aromatic carbocycles. The number of benzene rings is 1. The Kier molecular flexibility index (Phi) is 4.69. The van der Waals surface area contributed by atoms with E-state index in [-0.39, 0.29) is 17.5 Å². The summed E-state index contributed by atoms with van der Waals surface area (Å²) < 4.78 is 51.6. The van der Waals surface area contributed by atoms with Crippen LogP contribution in [0.4, 0.5) is 23.2 Å². The third-order valence-electron chi connectivity index (χ3n) is 4.42. The van der Waals surface area contributed by atoms with Gasteiger partial charge in [0.1, 0.15) is 5.82 Å². The normalized spacial score (nSPS) is 26.9. The van der Waals surface area contributed by atoms with Gasteiger partial charge in [-0.05, 0) is 42.9 Å². The molecule has 24 heavy (non-hydrogen) atoms.